The van der Waals surface area contributed by atoms with E-state index in [2.05, 4.69) is 0 Å². The molecule has 0 radical (unpaired) electrons. The molecule has 1 aliphatic rings. The first-order chi connectivity index (χ1) is 5.96. The molecule has 1 saturated carbocycles. The van der Waals surface area contributed by atoms with Gasteiger partial charge in [-0.3, -0.25) is 4.79 Å². The Balaban J connectivity index is 2.51. The molecule has 0 aliphatic heterocycles. The molecular weight excluding hydrogens is 166 g/mol. The molecule has 3 N–H and O–H groups in total. The lowest BCUT2D eigenvalue weighted by Crippen LogP contribution is -2.41. The lowest BCUT2D eigenvalue weighted by molar-refractivity contribution is -0.125. The third-order valence-corrected chi connectivity index (χ3v) is 3.33. The summed E-state index contributed by atoms with van der Waals surface area (Å²) in [5.41, 5.74) is 4.65. The van der Waals surface area contributed by atoms with Crippen molar-refractivity contribution in [3.8, 4) is 0 Å². The van der Waals surface area contributed by atoms with Crippen molar-refractivity contribution in [3.63, 3.8) is 0 Å². The Morgan fingerprint density at radius 3 is 2.23 bits per heavy atom. The zero-order valence-corrected chi connectivity index (χ0v) is 8.42. The van der Waals surface area contributed by atoms with Crippen LogP contribution in [0.3, 0.4) is 0 Å². The normalized spacial score (nSPS) is 34.9. The summed E-state index contributed by atoms with van der Waals surface area (Å²) < 4.78 is 0. The van der Waals surface area contributed by atoms with Crippen molar-refractivity contribution >= 4 is 5.91 Å². The summed E-state index contributed by atoms with van der Waals surface area (Å²) in [4.78, 5) is 10.9. The summed E-state index contributed by atoms with van der Waals surface area (Å²) in [6.07, 6.45) is 2.89. The molecule has 1 aliphatic carbocycles. The minimum atomic E-state index is -0.564. The van der Waals surface area contributed by atoms with Gasteiger partial charge in [-0.2, -0.15) is 0 Å². The minimum Gasteiger partial charge on any atom is -0.390 e. The van der Waals surface area contributed by atoms with Gasteiger partial charge in [-0.15, -0.1) is 0 Å². The van der Waals surface area contributed by atoms with E-state index in [1.54, 1.807) is 0 Å². The average molecular weight is 185 g/mol. The monoisotopic (exact) mass is 185 g/mol. The molecule has 1 fully saturated rings. The van der Waals surface area contributed by atoms with Gasteiger partial charge in [-0.05, 0) is 31.6 Å². The largest absolute Gasteiger partial charge is 0.390 e. The molecular formula is C10H19NO2. The predicted molar refractivity (Wildman–Crippen MR) is 50.9 cm³/mol. The smallest absolute Gasteiger partial charge is 0.220 e. The number of amides is 1. The van der Waals surface area contributed by atoms with E-state index in [0.29, 0.717) is 12.8 Å². The van der Waals surface area contributed by atoms with Crippen LogP contribution in [0, 0.1) is 11.8 Å². The summed E-state index contributed by atoms with van der Waals surface area (Å²) in [6, 6.07) is 0. The summed E-state index contributed by atoms with van der Waals surface area (Å²) in [5, 5.41) is 10.1. The third kappa shape index (κ3) is 2.21. The van der Waals surface area contributed by atoms with Gasteiger partial charge in [-0.25, -0.2) is 0 Å². The maximum absolute atomic E-state index is 10.9. The number of hydrogen-bond donors (Lipinski definition) is 2. The number of hydrogen-bond acceptors (Lipinski definition) is 2. The number of primary amides is 1. The number of nitrogens with two attached hydrogens (primary N) is 1. The average Bonchev–Trinajstić information content (AvgIpc) is 2.04. The second-order valence-electron chi connectivity index (χ2n) is 4.43. The molecule has 3 nitrogen and oxygen atoms in total. The standard InChI is InChI=1S/C10H19NO2/c1-7(2)10(13)5-3-8(4-6-10)9(11)12/h7-8,13H,3-6H2,1-2H3,(H2,11,12). The van der Waals surface area contributed by atoms with Crippen LogP contribution in [-0.2, 0) is 4.79 Å². The van der Waals surface area contributed by atoms with Gasteiger partial charge in [0.15, 0.2) is 0 Å². The fourth-order valence-electron chi connectivity index (χ4n) is 1.98. The summed E-state index contributed by atoms with van der Waals surface area (Å²) in [6.45, 7) is 4.04. The second kappa shape index (κ2) is 3.66. The summed E-state index contributed by atoms with van der Waals surface area (Å²) >= 11 is 0. The maximum Gasteiger partial charge on any atom is 0.220 e. The van der Waals surface area contributed by atoms with E-state index in [0.717, 1.165) is 12.8 Å². The third-order valence-electron chi connectivity index (χ3n) is 3.33. The van der Waals surface area contributed by atoms with Crippen LogP contribution in [-0.4, -0.2) is 16.6 Å². The Kier molecular flexibility index (Phi) is 2.96. The van der Waals surface area contributed by atoms with Crippen LogP contribution < -0.4 is 5.73 Å². The number of aliphatic hydroxyl groups is 1. The molecule has 0 atom stereocenters. The van der Waals surface area contributed by atoms with Gasteiger partial charge in [0.1, 0.15) is 0 Å². The van der Waals surface area contributed by atoms with Gasteiger partial charge in [0, 0.05) is 5.92 Å². The lowest BCUT2D eigenvalue weighted by Gasteiger charge is -2.38. The van der Waals surface area contributed by atoms with E-state index >= 15 is 0 Å². The Bertz CT molecular complexity index is 193. The molecule has 1 rings (SSSR count). The van der Waals surface area contributed by atoms with Crippen LogP contribution in [0.2, 0.25) is 0 Å². The van der Waals surface area contributed by atoms with Crippen molar-refractivity contribution in [2.45, 2.75) is 45.1 Å². The number of rotatable bonds is 2. The van der Waals surface area contributed by atoms with Crippen molar-refractivity contribution < 1.29 is 9.90 Å². The molecule has 1 amide bonds. The van der Waals surface area contributed by atoms with Crippen molar-refractivity contribution in [1.82, 2.24) is 0 Å². The molecule has 13 heavy (non-hydrogen) atoms. The number of carbonyl (C=O) groups excluding carboxylic acids is 1. The Morgan fingerprint density at radius 1 is 1.46 bits per heavy atom. The quantitative estimate of drug-likeness (QED) is 0.675. The van der Waals surface area contributed by atoms with Crippen molar-refractivity contribution in [2.24, 2.45) is 17.6 Å². The van der Waals surface area contributed by atoms with Crippen LogP contribution in [0.5, 0.6) is 0 Å². The topological polar surface area (TPSA) is 63.3 Å². The van der Waals surface area contributed by atoms with Crippen LogP contribution in [0.15, 0.2) is 0 Å². The zero-order valence-electron chi connectivity index (χ0n) is 8.42. The van der Waals surface area contributed by atoms with E-state index < -0.39 is 5.60 Å². The highest BCUT2D eigenvalue weighted by Gasteiger charge is 2.37. The van der Waals surface area contributed by atoms with Gasteiger partial charge in [0.2, 0.25) is 5.91 Å². The first-order valence-corrected chi connectivity index (χ1v) is 4.97. The summed E-state index contributed by atoms with van der Waals surface area (Å²) in [7, 11) is 0. The number of carbonyl (C=O) groups is 1. The molecule has 0 heterocycles. The molecule has 0 bridgehead atoms. The fraction of sp³-hybridized carbons (Fsp3) is 0.900. The van der Waals surface area contributed by atoms with Gasteiger partial charge >= 0.3 is 0 Å². The van der Waals surface area contributed by atoms with Crippen LogP contribution >= 0.6 is 0 Å². The van der Waals surface area contributed by atoms with Crippen molar-refractivity contribution in [2.75, 3.05) is 0 Å². The van der Waals surface area contributed by atoms with E-state index in [1.807, 2.05) is 13.8 Å². The minimum absolute atomic E-state index is 0.0148. The van der Waals surface area contributed by atoms with Crippen LogP contribution in [0.25, 0.3) is 0 Å². The maximum atomic E-state index is 10.9. The molecule has 0 spiro atoms. The predicted octanol–water partition coefficient (Wildman–Crippen LogP) is 1.05. The van der Waals surface area contributed by atoms with Gasteiger partial charge in [0.25, 0.3) is 0 Å². The van der Waals surface area contributed by atoms with E-state index in [-0.39, 0.29) is 17.7 Å². The van der Waals surface area contributed by atoms with E-state index in [9.17, 15) is 9.90 Å². The Hall–Kier alpha value is -0.570. The second-order valence-corrected chi connectivity index (χ2v) is 4.43. The van der Waals surface area contributed by atoms with Crippen molar-refractivity contribution in [1.29, 1.82) is 0 Å². The molecule has 0 saturated heterocycles. The molecule has 0 aromatic rings. The fourth-order valence-corrected chi connectivity index (χ4v) is 1.98. The lowest BCUT2D eigenvalue weighted by atomic mass is 9.73. The Labute approximate surface area is 79.3 Å². The summed E-state index contributed by atoms with van der Waals surface area (Å²) in [5.74, 6) is 0.0335. The molecule has 0 aromatic carbocycles. The Morgan fingerprint density at radius 2 is 1.92 bits per heavy atom. The van der Waals surface area contributed by atoms with Gasteiger partial charge < -0.3 is 10.8 Å². The van der Waals surface area contributed by atoms with Crippen LogP contribution in [0.4, 0.5) is 0 Å². The van der Waals surface area contributed by atoms with E-state index in [1.165, 1.54) is 0 Å². The molecule has 0 unspecified atom stereocenters. The SMILES string of the molecule is CC(C)C1(O)CCC(C(N)=O)CC1. The highest BCUT2D eigenvalue weighted by molar-refractivity contribution is 5.76. The van der Waals surface area contributed by atoms with Crippen LogP contribution in [0.1, 0.15) is 39.5 Å². The van der Waals surface area contributed by atoms with Crippen molar-refractivity contribution in [3.05, 3.63) is 0 Å². The highest BCUT2D eigenvalue weighted by atomic mass is 16.3. The zero-order chi connectivity index (χ0) is 10.1. The van der Waals surface area contributed by atoms with Gasteiger partial charge in [-0.1, -0.05) is 13.8 Å². The van der Waals surface area contributed by atoms with E-state index in [4.69, 9.17) is 5.73 Å². The van der Waals surface area contributed by atoms with Gasteiger partial charge in [0.05, 0.1) is 5.60 Å². The first-order valence-electron chi connectivity index (χ1n) is 4.97. The molecule has 0 aromatic heterocycles. The first kappa shape index (κ1) is 10.5. The molecule has 3 heteroatoms. The molecule has 76 valence electrons. The highest BCUT2D eigenvalue weighted by Crippen LogP contribution is 2.36.